The lowest BCUT2D eigenvalue weighted by atomic mass is 9.91. The van der Waals surface area contributed by atoms with Crippen LogP contribution >= 0.6 is 0 Å². The zero-order valence-electron chi connectivity index (χ0n) is 27.9. The molecule has 0 unspecified atom stereocenters. The van der Waals surface area contributed by atoms with Gasteiger partial charge in [-0.3, -0.25) is 0 Å². The van der Waals surface area contributed by atoms with Crippen molar-refractivity contribution in [2.24, 2.45) is 0 Å². The topological polar surface area (TPSA) is 38.9 Å². The standard InChI is InChI=1S/C48H32N2O/c1-3-13-34(14-4-1)43-30-44(35-15-5-2-6-16-35)50-48(49-43)40-20-11-21-45-46(40)42-29-41(38-18-9-10-19-39(38)47(42)51-45)33-25-22-32(23-26-33)37-27-24-31-12-7-8-17-36(31)28-37/h1-6,8-11,13-30H,7,12H2. The summed E-state index contributed by atoms with van der Waals surface area (Å²) >= 11 is 0. The number of furan rings is 1. The van der Waals surface area contributed by atoms with Gasteiger partial charge in [0.2, 0.25) is 0 Å². The molecule has 0 aliphatic heterocycles. The molecule has 3 nitrogen and oxygen atoms in total. The van der Waals surface area contributed by atoms with Gasteiger partial charge in [0.25, 0.3) is 0 Å². The van der Waals surface area contributed by atoms with Crippen LogP contribution in [0.2, 0.25) is 0 Å². The van der Waals surface area contributed by atoms with E-state index < -0.39 is 0 Å². The Bertz CT molecular complexity index is 2720. The van der Waals surface area contributed by atoms with Crippen molar-refractivity contribution in [3.8, 4) is 56.2 Å². The molecule has 0 atom stereocenters. The maximum atomic E-state index is 6.71. The minimum Gasteiger partial charge on any atom is -0.455 e. The highest BCUT2D eigenvalue weighted by atomic mass is 16.3. The van der Waals surface area contributed by atoms with Crippen molar-refractivity contribution in [3.05, 3.63) is 175 Å². The highest BCUT2D eigenvalue weighted by molar-refractivity contribution is 6.22. The third-order valence-corrected chi connectivity index (χ3v) is 10.2. The first-order valence-electron chi connectivity index (χ1n) is 17.5. The van der Waals surface area contributed by atoms with Gasteiger partial charge in [-0.2, -0.15) is 0 Å². The fourth-order valence-electron chi connectivity index (χ4n) is 7.60. The van der Waals surface area contributed by atoms with Crippen LogP contribution in [-0.2, 0) is 6.42 Å². The zero-order chi connectivity index (χ0) is 33.7. The van der Waals surface area contributed by atoms with E-state index in [1.54, 1.807) is 0 Å². The highest BCUT2D eigenvalue weighted by Gasteiger charge is 2.20. The second-order valence-corrected chi connectivity index (χ2v) is 13.3. The first-order chi connectivity index (χ1) is 25.3. The number of hydrogen-bond donors (Lipinski definition) is 0. The Morgan fingerprint density at radius 2 is 1.14 bits per heavy atom. The van der Waals surface area contributed by atoms with Gasteiger partial charge in [-0.15, -0.1) is 0 Å². The molecule has 2 heterocycles. The summed E-state index contributed by atoms with van der Waals surface area (Å²) in [7, 11) is 0. The molecule has 1 aliphatic rings. The maximum absolute atomic E-state index is 6.71. The Morgan fingerprint density at radius 3 is 1.88 bits per heavy atom. The number of allylic oxidation sites excluding steroid dienone is 1. The summed E-state index contributed by atoms with van der Waals surface area (Å²) in [6.45, 7) is 0. The van der Waals surface area contributed by atoms with Gasteiger partial charge in [-0.1, -0.05) is 146 Å². The molecule has 0 radical (unpaired) electrons. The number of nitrogens with zero attached hydrogens (tertiary/aromatic N) is 2. The van der Waals surface area contributed by atoms with Gasteiger partial charge in [0.15, 0.2) is 5.82 Å². The molecule has 7 aromatic carbocycles. The molecule has 3 heteroatoms. The Hall–Kier alpha value is -6.58. The second kappa shape index (κ2) is 12.1. The fourth-order valence-corrected chi connectivity index (χ4v) is 7.60. The van der Waals surface area contributed by atoms with Crippen LogP contribution in [0.25, 0.3) is 94.9 Å². The third-order valence-electron chi connectivity index (χ3n) is 10.2. The van der Waals surface area contributed by atoms with Gasteiger partial charge in [-0.05, 0) is 75.9 Å². The normalized spacial score (nSPS) is 12.5. The van der Waals surface area contributed by atoms with Crippen LogP contribution in [0, 0.1) is 0 Å². The van der Waals surface area contributed by atoms with E-state index in [1.165, 1.54) is 27.8 Å². The minimum absolute atomic E-state index is 0.669. The summed E-state index contributed by atoms with van der Waals surface area (Å²) in [6.07, 6.45) is 6.77. The van der Waals surface area contributed by atoms with Crippen LogP contribution in [0.4, 0.5) is 0 Å². The molecule has 1 aliphatic carbocycles. The summed E-state index contributed by atoms with van der Waals surface area (Å²) in [5.74, 6) is 0.669. The third kappa shape index (κ3) is 5.14. The Morgan fingerprint density at radius 1 is 0.471 bits per heavy atom. The predicted molar refractivity (Wildman–Crippen MR) is 211 cm³/mol. The van der Waals surface area contributed by atoms with Crippen LogP contribution in [-0.4, -0.2) is 9.97 Å². The van der Waals surface area contributed by atoms with E-state index in [1.807, 2.05) is 42.5 Å². The Kier molecular flexibility index (Phi) is 6.95. The lowest BCUT2D eigenvalue weighted by Crippen LogP contribution is -1.96. The number of aryl methyl sites for hydroxylation is 1. The van der Waals surface area contributed by atoms with E-state index in [4.69, 9.17) is 14.4 Å². The highest BCUT2D eigenvalue weighted by Crippen LogP contribution is 2.43. The Labute approximate surface area is 296 Å². The van der Waals surface area contributed by atoms with E-state index in [0.29, 0.717) is 5.82 Å². The molecule has 10 rings (SSSR count). The SMILES string of the molecule is C1=Cc2cc(-c3ccc(-c4cc5c(oc6cccc(-c7nc(-c8ccccc8)cc(-c8ccccc8)n7)c65)c5ccccc45)cc3)ccc2CC1. The van der Waals surface area contributed by atoms with Gasteiger partial charge in [0.05, 0.1) is 11.4 Å². The fraction of sp³-hybridized carbons (Fsp3) is 0.0417. The summed E-state index contributed by atoms with van der Waals surface area (Å²) in [5.41, 5.74) is 14.0. The van der Waals surface area contributed by atoms with E-state index in [2.05, 4.69) is 127 Å². The smallest absolute Gasteiger partial charge is 0.161 e. The number of fused-ring (bicyclic) bond motifs is 6. The van der Waals surface area contributed by atoms with Crippen LogP contribution in [0.15, 0.2) is 168 Å². The molecule has 0 amide bonds. The molecule has 51 heavy (non-hydrogen) atoms. The van der Waals surface area contributed by atoms with Gasteiger partial charge in [0.1, 0.15) is 11.2 Å². The number of rotatable bonds is 5. The zero-order valence-corrected chi connectivity index (χ0v) is 27.9. The first kappa shape index (κ1) is 29.3. The van der Waals surface area contributed by atoms with Gasteiger partial charge in [0, 0.05) is 32.8 Å². The molecule has 0 spiro atoms. The van der Waals surface area contributed by atoms with Crippen molar-refractivity contribution in [2.75, 3.05) is 0 Å². The lowest BCUT2D eigenvalue weighted by Gasteiger charge is -2.13. The summed E-state index contributed by atoms with van der Waals surface area (Å²) < 4.78 is 6.71. The quantitative estimate of drug-likeness (QED) is 0.186. The summed E-state index contributed by atoms with van der Waals surface area (Å²) in [6, 6.07) is 55.6. The summed E-state index contributed by atoms with van der Waals surface area (Å²) in [5, 5.41) is 4.31. The summed E-state index contributed by atoms with van der Waals surface area (Å²) in [4.78, 5) is 10.4. The van der Waals surface area contributed by atoms with Gasteiger partial charge >= 0.3 is 0 Å². The van der Waals surface area contributed by atoms with Crippen molar-refractivity contribution in [1.82, 2.24) is 9.97 Å². The van der Waals surface area contributed by atoms with Crippen LogP contribution in [0.3, 0.4) is 0 Å². The largest absolute Gasteiger partial charge is 0.455 e. The van der Waals surface area contributed by atoms with Gasteiger partial charge in [-0.25, -0.2) is 9.97 Å². The molecule has 0 bridgehead atoms. The molecular formula is C48H32N2O. The lowest BCUT2D eigenvalue weighted by molar-refractivity contribution is 0.673. The minimum atomic E-state index is 0.669. The van der Waals surface area contributed by atoms with Crippen molar-refractivity contribution in [2.45, 2.75) is 12.8 Å². The van der Waals surface area contributed by atoms with Crippen molar-refractivity contribution in [1.29, 1.82) is 0 Å². The average molecular weight is 653 g/mol. The predicted octanol–water partition coefficient (Wildman–Crippen LogP) is 12.8. The molecule has 0 saturated heterocycles. The molecule has 0 saturated carbocycles. The van der Waals surface area contributed by atoms with Crippen LogP contribution < -0.4 is 0 Å². The average Bonchev–Trinajstić information content (AvgIpc) is 3.60. The molecule has 2 aromatic heterocycles. The molecule has 9 aromatic rings. The van der Waals surface area contributed by atoms with E-state index >= 15 is 0 Å². The van der Waals surface area contributed by atoms with Crippen LogP contribution in [0.1, 0.15) is 17.5 Å². The second-order valence-electron chi connectivity index (χ2n) is 13.3. The van der Waals surface area contributed by atoms with E-state index in [9.17, 15) is 0 Å². The van der Waals surface area contributed by atoms with Crippen molar-refractivity contribution < 1.29 is 4.42 Å². The maximum Gasteiger partial charge on any atom is 0.161 e. The van der Waals surface area contributed by atoms with Crippen molar-refractivity contribution in [3.63, 3.8) is 0 Å². The number of aromatic nitrogens is 2. The van der Waals surface area contributed by atoms with E-state index in [0.717, 1.165) is 79.2 Å². The Balaban J connectivity index is 1.16. The molecule has 0 fully saturated rings. The molecule has 0 N–H and O–H groups in total. The number of hydrogen-bond acceptors (Lipinski definition) is 3. The van der Waals surface area contributed by atoms with E-state index in [-0.39, 0.29) is 0 Å². The molecule has 240 valence electrons. The number of benzene rings is 7. The van der Waals surface area contributed by atoms with Crippen LogP contribution in [0.5, 0.6) is 0 Å². The van der Waals surface area contributed by atoms with Crippen molar-refractivity contribution >= 4 is 38.8 Å². The monoisotopic (exact) mass is 652 g/mol. The first-order valence-corrected chi connectivity index (χ1v) is 17.5. The molecular weight excluding hydrogens is 621 g/mol. The van der Waals surface area contributed by atoms with Gasteiger partial charge < -0.3 is 4.42 Å².